The lowest BCUT2D eigenvalue weighted by Crippen LogP contribution is -2.51. The van der Waals surface area contributed by atoms with E-state index < -0.39 is 0 Å². The highest BCUT2D eigenvalue weighted by molar-refractivity contribution is 6.30. The summed E-state index contributed by atoms with van der Waals surface area (Å²) in [5.74, 6) is 0.615. The lowest BCUT2D eigenvalue weighted by atomic mass is 9.94. The third-order valence-electron chi connectivity index (χ3n) is 3.35. The molecule has 3 nitrogen and oxygen atoms in total. The number of halogens is 1. The molecule has 2 rings (SSSR count). The number of carbonyl (C=O) groups excluding carboxylic acids is 1. The summed E-state index contributed by atoms with van der Waals surface area (Å²) in [6, 6.07) is 7.74. The third-order valence-corrected chi connectivity index (χ3v) is 3.60. The Hall–Kier alpha value is -1.06. The quantitative estimate of drug-likeness (QED) is 0.879. The van der Waals surface area contributed by atoms with Gasteiger partial charge in [0.25, 0.3) is 0 Å². The second kappa shape index (κ2) is 5.72. The Labute approximate surface area is 113 Å². The van der Waals surface area contributed by atoms with E-state index in [0.717, 1.165) is 23.7 Å². The Bertz CT molecular complexity index is 412. The number of carbonyl (C=O) groups is 1. The maximum absolute atomic E-state index is 12.0. The highest BCUT2D eigenvalue weighted by Gasteiger charge is 2.28. The summed E-state index contributed by atoms with van der Waals surface area (Å²) in [5, 5.41) is 6.96. The van der Waals surface area contributed by atoms with Crippen LogP contribution in [-0.4, -0.2) is 19.0 Å². The molecule has 4 heteroatoms. The van der Waals surface area contributed by atoms with Gasteiger partial charge in [0.05, 0.1) is 12.0 Å². The van der Waals surface area contributed by atoms with Crippen LogP contribution in [0.1, 0.15) is 25.5 Å². The first-order valence-electron chi connectivity index (χ1n) is 6.34. The molecule has 0 aromatic heterocycles. The van der Waals surface area contributed by atoms with Crippen molar-refractivity contribution in [1.82, 2.24) is 10.6 Å². The molecule has 0 aliphatic carbocycles. The van der Waals surface area contributed by atoms with Gasteiger partial charge in [0.15, 0.2) is 0 Å². The first-order chi connectivity index (χ1) is 8.58. The minimum Gasteiger partial charge on any atom is -0.349 e. The largest absolute Gasteiger partial charge is 0.349 e. The molecule has 98 valence electrons. The molecule has 0 spiro atoms. The molecule has 1 aromatic carbocycles. The Morgan fingerprint density at radius 1 is 1.33 bits per heavy atom. The van der Waals surface area contributed by atoms with Gasteiger partial charge in [-0.05, 0) is 23.6 Å². The fourth-order valence-corrected chi connectivity index (χ4v) is 2.18. The van der Waals surface area contributed by atoms with Gasteiger partial charge < -0.3 is 10.6 Å². The van der Waals surface area contributed by atoms with Gasteiger partial charge in [0, 0.05) is 18.1 Å². The summed E-state index contributed by atoms with van der Waals surface area (Å²) in [4.78, 5) is 12.0. The highest BCUT2D eigenvalue weighted by Crippen LogP contribution is 2.24. The van der Waals surface area contributed by atoms with E-state index in [-0.39, 0.29) is 17.9 Å². The maximum atomic E-state index is 12.0. The minimum atomic E-state index is 0.0513. The lowest BCUT2D eigenvalue weighted by Gasteiger charge is -2.30. The first-order valence-corrected chi connectivity index (χ1v) is 6.72. The number of hydrogen-bond donors (Lipinski definition) is 2. The van der Waals surface area contributed by atoms with Gasteiger partial charge in [-0.15, -0.1) is 0 Å². The molecule has 1 fully saturated rings. The first kappa shape index (κ1) is 13.4. The second-order valence-electron chi connectivity index (χ2n) is 5.14. The smallest absolute Gasteiger partial charge is 0.226 e. The molecular formula is C14H19ClN2O. The maximum Gasteiger partial charge on any atom is 0.226 e. The molecule has 1 saturated heterocycles. The van der Waals surface area contributed by atoms with Crippen LogP contribution in [0.15, 0.2) is 24.3 Å². The van der Waals surface area contributed by atoms with Crippen LogP contribution in [-0.2, 0) is 4.79 Å². The van der Waals surface area contributed by atoms with Gasteiger partial charge in [-0.1, -0.05) is 37.6 Å². The second-order valence-corrected chi connectivity index (χ2v) is 5.57. The fraction of sp³-hybridized carbons (Fsp3) is 0.500. The van der Waals surface area contributed by atoms with Crippen molar-refractivity contribution in [1.29, 1.82) is 0 Å². The number of hydrogen-bond acceptors (Lipinski definition) is 2. The molecule has 1 aliphatic rings. The van der Waals surface area contributed by atoms with Gasteiger partial charge in [-0.25, -0.2) is 0 Å². The van der Waals surface area contributed by atoms with Crippen molar-refractivity contribution in [2.45, 2.75) is 19.9 Å². The monoisotopic (exact) mass is 266 g/mol. The minimum absolute atomic E-state index is 0.0513. The SMILES string of the molecule is CC(C)C(NC(=O)C1CNC1)c1ccc(Cl)cc1. The molecule has 0 radical (unpaired) electrons. The van der Waals surface area contributed by atoms with E-state index in [1.165, 1.54) is 0 Å². The Balaban J connectivity index is 2.07. The lowest BCUT2D eigenvalue weighted by molar-refractivity contribution is -0.127. The molecule has 1 aliphatic heterocycles. The van der Waals surface area contributed by atoms with Crippen molar-refractivity contribution in [3.63, 3.8) is 0 Å². The molecule has 1 amide bonds. The number of amides is 1. The zero-order valence-electron chi connectivity index (χ0n) is 10.7. The average Bonchev–Trinajstić information content (AvgIpc) is 2.24. The van der Waals surface area contributed by atoms with Crippen LogP contribution in [0.5, 0.6) is 0 Å². The summed E-state index contributed by atoms with van der Waals surface area (Å²) in [6.07, 6.45) is 0. The van der Waals surface area contributed by atoms with Gasteiger partial charge in [-0.3, -0.25) is 4.79 Å². The molecule has 0 saturated carbocycles. The summed E-state index contributed by atoms with van der Waals surface area (Å²) >= 11 is 5.89. The standard InChI is InChI=1S/C14H19ClN2O/c1-9(2)13(10-3-5-12(15)6-4-10)17-14(18)11-7-16-8-11/h3-6,9,11,13,16H,7-8H2,1-2H3,(H,17,18). The molecule has 1 unspecified atom stereocenters. The van der Waals surface area contributed by atoms with Crippen LogP contribution < -0.4 is 10.6 Å². The number of nitrogens with one attached hydrogen (secondary N) is 2. The van der Waals surface area contributed by atoms with Crippen LogP contribution in [0, 0.1) is 11.8 Å². The van der Waals surface area contributed by atoms with Crippen molar-refractivity contribution >= 4 is 17.5 Å². The van der Waals surface area contributed by atoms with Gasteiger partial charge >= 0.3 is 0 Å². The van der Waals surface area contributed by atoms with Crippen molar-refractivity contribution in [3.05, 3.63) is 34.9 Å². The fourth-order valence-electron chi connectivity index (χ4n) is 2.05. The van der Waals surface area contributed by atoms with Gasteiger partial charge in [-0.2, -0.15) is 0 Å². The Kier molecular flexibility index (Phi) is 4.25. The molecule has 1 atom stereocenters. The Morgan fingerprint density at radius 2 is 1.94 bits per heavy atom. The van der Waals surface area contributed by atoms with Crippen LogP contribution in [0.2, 0.25) is 5.02 Å². The van der Waals surface area contributed by atoms with Crippen molar-refractivity contribution in [3.8, 4) is 0 Å². The van der Waals surface area contributed by atoms with Crippen LogP contribution >= 0.6 is 11.6 Å². The molecule has 18 heavy (non-hydrogen) atoms. The van der Waals surface area contributed by atoms with E-state index >= 15 is 0 Å². The normalized spacial score (nSPS) is 17.3. The summed E-state index contributed by atoms with van der Waals surface area (Å²) in [6.45, 7) is 5.80. The highest BCUT2D eigenvalue weighted by atomic mass is 35.5. The van der Waals surface area contributed by atoms with Gasteiger partial charge in [0.1, 0.15) is 0 Å². The van der Waals surface area contributed by atoms with E-state index in [2.05, 4.69) is 24.5 Å². The van der Waals surface area contributed by atoms with Crippen molar-refractivity contribution < 1.29 is 4.79 Å². The van der Waals surface area contributed by atoms with Crippen LogP contribution in [0.25, 0.3) is 0 Å². The predicted molar refractivity (Wildman–Crippen MR) is 73.5 cm³/mol. The Morgan fingerprint density at radius 3 is 2.39 bits per heavy atom. The summed E-state index contributed by atoms with van der Waals surface area (Å²) in [7, 11) is 0. The molecular weight excluding hydrogens is 248 g/mol. The number of rotatable bonds is 4. The van der Waals surface area contributed by atoms with Gasteiger partial charge in [0.2, 0.25) is 5.91 Å². The third kappa shape index (κ3) is 3.03. The summed E-state index contributed by atoms with van der Waals surface area (Å²) < 4.78 is 0. The number of benzene rings is 1. The average molecular weight is 267 g/mol. The molecule has 0 bridgehead atoms. The predicted octanol–water partition coefficient (Wildman–Crippen LogP) is 2.37. The van der Waals surface area contributed by atoms with Crippen molar-refractivity contribution in [2.24, 2.45) is 11.8 Å². The van der Waals surface area contributed by atoms with E-state index in [1.807, 2.05) is 24.3 Å². The van der Waals surface area contributed by atoms with Crippen LogP contribution in [0.3, 0.4) is 0 Å². The van der Waals surface area contributed by atoms with E-state index in [0.29, 0.717) is 5.92 Å². The zero-order chi connectivity index (χ0) is 13.1. The van der Waals surface area contributed by atoms with E-state index in [1.54, 1.807) is 0 Å². The molecule has 1 aromatic rings. The zero-order valence-corrected chi connectivity index (χ0v) is 11.5. The topological polar surface area (TPSA) is 41.1 Å². The molecule has 2 N–H and O–H groups in total. The summed E-state index contributed by atoms with van der Waals surface area (Å²) in [5.41, 5.74) is 1.11. The van der Waals surface area contributed by atoms with Crippen molar-refractivity contribution in [2.75, 3.05) is 13.1 Å². The molecule has 1 heterocycles. The van der Waals surface area contributed by atoms with E-state index in [9.17, 15) is 4.79 Å². The van der Waals surface area contributed by atoms with Crippen LogP contribution in [0.4, 0.5) is 0 Å². The van der Waals surface area contributed by atoms with E-state index in [4.69, 9.17) is 11.6 Å².